The number of amides is 2. The molecule has 0 radical (unpaired) electrons. The first-order chi connectivity index (χ1) is 12.1. The van der Waals surface area contributed by atoms with E-state index in [2.05, 4.69) is 5.32 Å². The van der Waals surface area contributed by atoms with Crippen molar-refractivity contribution in [1.82, 2.24) is 0 Å². The summed E-state index contributed by atoms with van der Waals surface area (Å²) in [6.45, 7) is 1.41. The van der Waals surface area contributed by atoms with Gasteiger partial charge < -0.3 is 10.2 Å². The number of rotatable bonds is 2. The van der Waals surface area contributed by atoms with Crippen LogP contribution in [0.1, 0.15) is 12.5 Å². The third-order valence-electron chi connectivity index (χ3n) is 4.17. The summed E-state index contributed by atoms with van der Waals surface area (Å²) in [5, 5.41) is 2.28. The molecular weight excluding hydrogens is 365 g/mol. The van der Waals surface area contributed by atoms with Crippen LogP contribution in [-0.2, 0) is 15.8 Å². The average Bonchev–Trinajstić information content (AvgIpc) is 2.59. The third-order valence-corrected chi connectivity index (χ3v) is 5.50. The van der Waals surface area contributed by atoms with Gasteiger partial charge in [0, 0.05) is 11.9 Å². The predicted octanol–water partition coefficient (Wildman–Crippen LogP) is 4.17. The van der Waals surface area contributed by atoms with Crippen LogP contribution in [0.15, 0.2) is 53.4 Å². The molecule has 0 spiro atoms. The van der Waals surface area contributed by atoms with Crippen molar-refractivity contribution in [2.75, 3.05) is 17.3 Å². The Kier molecular flexibility index (Phi) is 4.47. The minimum atomic E-state index is -4.61. The highest BCUT2D eigenvalue weighted by atomic mass is 32.2. The topological polar surface area (TPSA) is 49.4 Å². The number of nitrogens with zero attached hydrogens (tertiary/aromatic N) is 1. The summed E-state index contributed by atoms with van der Waals surface area (Å²) in [5.74, 6) is -1.30. The zero-order valence-electron chi connectivity index (χ0n) is 13.9. The molecule has 2 aromatic carbocycles. The van der Waals surface area contributed by atoms with E-state index in [4.69, 9.17) is 0 Å². The fraction of sp³-hybridized carbons (Fsp3) is 0.222. The van der Waals surface area contributed by atoms with Crippen molar-refractivity contribution in [3.8, 4) is 0 Å². The molecular formula is C18H15F3N2O2S. The predicted molar refractivity (Wildman–Crippen MR) is 94.2 cm³/mol. The molecule has 0 aromatic heterocycles. The molecule has 0 saturated heterocycles. The highest BCUT2D eigenvalue weighted by Crippen LogP contribution is 2.45. The lowest BCUT2D eigenvalue weighted by molar-refractivity contribution is -0.137. The molecule has 1 N–H and O–H groups in total. The van der Waals surface area contributed by atoms with Crippen LogP contribution in [-0.4, -0.2) is 23.6 Å². The van der Waals surface area contributed by atoms with E-state index in [1.54, 1.807) is 24.3 Å². The van der Waals surface area contributed by atoms with Gasteiger partial charge >= 0.3 is 6.18 Å². The monoisotopic (exact) mass is 380 g/mol. The number of hydrogen-bond acceptors (Lipinski definition) is 3. The minimum Gasteiger partial charge on any atom is -0.324 e. The van der Waals surface area contributed by atoms with Crippen LogP contribution < -0.4 is 10.2 Å². The number of fused-ring (bicyclic) bond motifs is 1. The Morgan fingerprint density at radius 1 is 1.12 bits per heavy atom. The molecule has 1 atom stereocenters. The summed E-state index contributed by atoms with van der Waals surface area (Å²) in [6.07, 6.45) is -4.61. The van der Waals surface area contributed by atoms with Crippen LogP contribution in [0, 0.1) is 0 Å². The Bertz CT molecular complexity index is 885. The number of para-hydroxylation sites is 2. The molecule has 1 unspecified atom stereocenters. The van der Waals surface area contributed by atoms with Gasteiger partial charge in [0.15, 0.2) is 4.75 Å². The van der Waals surface area contributed by atoms with Crippen LogP contribution in [0.2, 0.25) is 0 Å². The lowest BCUT2D eigenvalue weighted by atomic mass is 10.1. The van der Waals surface area contributed by atoms with Gasteiger partial charge in [-0.05, 0) is 31.2 Å². The number of nitrogens with one attached hydrogen (secondary N) is 1. The van der Waals surface area contributed by atoms with Gasteiger partial charge in [-0.2, -0.15) is 13.2 Å². The molecule has 2 aromatic rings. The van der Waals surface area contributed by atoms with Crippen molar-refractivity contribution in [2.24, 2.45) is 0 Å². The molecule has 8 heteroatoms. The standard InChI is InChI=1S/C18H15F3N2O2S/c1-17(16(25)23(2)13-9-5-6-10-14(13)26-17)15(24)22-12-8-4-3-7-11(12)18(19,20)21/h3-10H,1-2H3,(H,22,24). The van der Waals surface area contributed by atoms with E-state index in [0.717, 1.165) is 17.8 Å². The normalized spacial score (nSPS) is 19.9. The van der Waals surface area contributed by atoms with Crippen LogP contribution in [0.4, 0.5) is 24.5 Å². The smallest absolute Gasteiger partial charge is 0.324 e. The highest BCUT2D eigenvalue weighted by Gasteiger charge is 2.48. The van der Waals surface area contributed by atoms with Crippen molar-refractivity contribution >= 4 is 35.0 Å². The quantitative estimate of drug-likeness (QED) is 0.796. The van der Waals surface area contributed by atoms with E-state index in [1.807, 2.05) is 0 Å². The Morgan fingerprint density at radius 2 is 1.73 bits per heavy atom. The Morgan fingerprint density at radius 3 is 2.42 bits per heavy atom. The van der Waals surface area contributed by atoms with E-state index in [0.29, 0.717) is 10.6 Å². The fourth-order valence-corrected chi connectivity index (χ4v) is 4.00. The second-order valence-electron chi connectivity index (χ2n) is 5.96. The lowest BCUT2D eigenvalue weighted by Crippen LogP contribution is -2.53. The van der Waals surface area contributed by atoms with Crippen molar-refractivity contribution < 1.29 is 22.8 Å². The summed E-state index contributed by atoms with van der Waals surface area (Å²) in [4.78, 5) is 27.6. The molecule has 4 nitrogen and oxygen atoms in total. The molecule has 1 aliphatic rings. The zero-order chi connectivity index (χ0) is 19.1. The maximum absolute atomic E-state index is 13.1. The summed E-state index contributed by atoms with van der Waals surface area (Å²) < 4.78 is 37.8. The van der Waals surface area contributed by atoms with Gasteiger partial charge in [-0.1, -0.05) is 36.0 Å². The second-order valence-corrected chi connectivity index (χ2v) is 7.43. The van der Waals surface area contributed by atoms with E-state index < -0.39 is 28.3 Å². The first kappa shape index (κ1) is 18.3. The third kappa shape index (κ3) is 3.05. The first-order valence-corrected chi connectivity index (χ1v) is 8.50. The van der Waals surface area contributed by atoms with Crippen molar-refractivity contribution in [3.63, 3.8) is 0 Å². The van der Waals surface area contributed by atoms with E-state index in [1.165, 1.54) is 37.1 Å². The number of anilines is 2. The number of carbonyl (C=O) groups excluding carboxylic acids is 2. The van der Waals surface area contributed by atoms with Gasteiger partial charge in [0.25, 0.3) is 5.91 Å². The SMILES string of the molecule is CN1C(=O)C(C)(C(=O)Nc2ccccc2C(F)(F)F)Sc2ccccc21. The van der Waals surface area contributed by atoms with Gasteiger partial charge in [-0.3, -0.25) is 9.59 Å². The summed E-state index contributed by atoms with van der Waals surface area (Å²) in [7, 11) is 1.54. The minimum absolute atomic E-state index is 0.374. The number of alkyl halides is 3. The summed E-state index contributed by atoms with van der Waals surface area (Å²) in [6, 6.07) is 11.7. The van der Waals surface area contributed by atoms with E-state index in [-0.39, 0.29) is 5.69 Å². The largest absolute Gasteiger partial charge is 0.418 e. The number of halogens is 3. The van der Waals surface area contributed by atoms with Crippen LogP contribution >= 0.6 is 11.8 Å². The summed E-state index contributed by atoms with van der Waals surface area (Å²) in [5.41, 5.74) is -0.677. The molecule has 26 heavy (non-hydrogen) atoms. The van der Waals surface area contributed by atoms with Gasteiger partial charge in [0.1, 0.15) is 0 Å². The molecule has 3 rings (SSSR count). The second kappa shape index (κ2) is 6.35. The summed E-state index contributed by atoms with van der Waals surface area (Å²) >= 11 is 1.03. The van der Waals surface area contributed by atoms with Gasteiger partial charge in [-0.15, -0.1) is 0 Å². The molecule has 136 valence electrons. The van der Waals surface area contributed by atoms with Gasteiger partial charge in [-0.25, -0.2) is 0 Å². The zero-order valence-corrected chi connectivity index (χ0v) is 14.7. The van der Waals surface area contributed by atoms with E-state index in [9.17, 15) is 22.8 Å². The highest BCUT2D eigenvalue weighted by molar-refractivity contribution is 8.02. The average molecular weight is 380 g/mol. The number of carbonyl (C=O) groups is 2. The first-order valence-electron chi connectivity index (χ1n) is 7.68. The van der Waals surface area contributed by atoms with E-state index >= 15 is 0 Å². The molecule has 0 bridgehead atoms. The maximum atomic E-state index is 13.1. The Labute approximate surface area is 152 Å². The van der Waals surface area contributed by atoms with Crippen LogP contribution in [0.3, 0.4) is 0 Å². The molecule has 0 fully saturated rings. The van der Waals surface area contributed by atoms with Crippen molar-refractivity contribution in [2.45, 2.75) is 22.7 Å². The number of thioether (sulfide) groups is 1. The Hall–Kier alpha value is -2.48. The Balaban J connectivity index is 1.95. The molecule has 0 saturated carbocycles. The van der Waals surface area contributed by atoms with Gasteiger partial charge in [0.05, 0.1) is 16.9 Å². The number of benzene rings is 2. The fourth-order valence-electron chi connectivity index (χ4n) is 2.74. The van der Waals surface area contributed by atoms with Gasteiger partial charge in [0.2, 0.25) is 5.91 Å². The lowest BCUT2D eigenvalue weighted by Gasteiger charge is -2.37. The molecule has 1 heterocycles. The van der Waals surface area contributed by atoms with Crippen molar-refractivity contribution in [1.29, 1.82) is 0 Å². The molecule has 1 aliphatic heterocycles. The van der Waals surface area contributed by atoms with Crippen LogP contribution in [0.5, 0.6) is 0 Å². The molecule has 2 amide bonds. The van der Waals surface area contributed by atoms with Crippen molar-refractivity contribution in [3.05, 3.63) is 54.1 Å². The van der Waals surface area contributed by atoms with Crippen LogP contribution in [0.25, 0.3) is 0 Å². The maximum Gasteiger partial charge on any atom is 0.418 e. The number of hydrogen-bond donors (Lipinski definition) is 1. The molecule has 0 aliphatic carbocycles.